The smallest absolute Gasteiger partial charge is 0.408 e. The molecule has 2 atom stereocenters. The number of ether oxygens (including phenoxy) is 1. The molecule has 0 saturated heterocycles. The summed E-state index contributed by atoms with van der Waals surface area (Å²) in [5, 5.41) is 5.61. The van der Waals surface area contributed by atoms with E-state index >= 15 is 0 Å². The SMILES string of the molecule is C#Cc1ccccc1C(C(=O)NCCCCC)N(CCCCCCC)C(=O)C(CCC(N)=O)NC(=O)OC(C)(C)C. The highest BCUT2D eigenvalue weighted by Gasteiger charge is 2.37. The predicted octanol–water partition coefficient (Wildman–Crippen LogP) is 4.97. The number of nitrogens with zero attached hydrogens (tertiary/aromatic N) is 1. The zero-order valence-electron chi connectivity index (χ0n) is 25.6. The Labute approximate surface area is 246 Å². The van der Waals surface area contributed by atoms with Crippen molar-refractivity contribution in [3.63, 3.8) is 0 Å². The Bertz CT molecular complexity index is 1030. The van der Waals surface area contributed by atoms with Crippen molar-refractivity contribution in [1.82, 2.24) is 15.5 Å². The van der Waals surface area contributed by atoms with E-state index < -0.39 is 35.6 Å². The van der Waals surface area contributed by atoms with Gasteiger partial charge < -0.3 is 26.0 Å². The third-order valence-electron chi connectivity index (χ3n) is 6.50. The zero-order valence-corrected chi connectivity index (χ0v) is 25.6. The van der Waals surface area contributed by atoms with Crippen LogP contribution in [0, 0.1) is 12.3 Å². The highest BCUT2D eigenvalue weighted by Crippen LogP contribution is 2.27. The van der Waals surface area contributed by atoms with Crippen molar-refractivity contribution in [1.29, 1.82) is 0 Å². The van der Waals surface area contributed by atoms with E-state index in [9.17, 15) is 19.2 Å². The van der Waals surface area contributed by atoms with Gasteiger partial charge in [0, 0.05) is 25.1 Å². The first-order valence-electron chi connectivity index (χ1n) is 14.9. The Balaban J connectivity index is 3.53. The van der Waals surface area contributed by atoms with E-state index in [0.717, 1.165) is 44.9 Å². The minimum atomic E-state index is -1.14. The molecule has 0 aromatic heterocycles. The van der Waals surface area contributed by atoms with Gasteiger partial charge in [0.2, 0.25) is 17.7 Å². The molecule has 9 heteroatoms. The lowest BCUT2D eigenvalue weighted by Gasteiger charge is -2.35. The number of hydrogen-bond acceptors (Lipinski definition) is 5. The number of benzene rings is 1. The molecule has 2 unspecified atom stereocenters. The fourth-order valence-electron chi connectivity index (χ4n) is 4.45. The summed E-state index contributed by atoms with van der Waals surface area (Å²) in [6.07, 6.45) is 12.2. The predicted molar refractivity (Wildman–Crippen MR) is 162 cm³/mol. The number of nitrogens with two attached hydrogens (primary N) is 1. The van der Waals surface area contributed by atoms with Crippen LogP contribution in [0.3, 0.4) is 0 Å². The third kappa shape index (κ3) is 13.6. The lowest BCUT2D eigenvalue weighted by atomic mass is 9.96. The van der Waals surface area contributed by atoms with Gasteiger partial charge in [-0.2, -0.15) is 0 Å². The number of unbranched alkanes of at least 4 members (excludes halogenated alkanes) is 6. The van der Waals surface area contributed by atoms with Crippen LogP contribution >= 0.6 is 0 Å². The van der Waals surface area contributed by atoms with Crippen LogP contribution in [0.1, 0.15) is 116 Å². The van der Waals surface area contributed by atoms with Crippen LogP contribution in [0.25, 0.3) is 0 Å². The van der Waals surface area contributed by atoms with E-state index in [1.54, 1.807) is 45.0 Å². The maximum Gasteiger partial charge on any atom is 0.408 e. The topological polar surface area (TPSA) is 131 Å². The molecule has 4 amide bonds. The molecule has 0 aliphatic rings. The molecule has 9 nitrogen and oxygen atoms in total. The van der Waals surface area contributed by atoms with Crippen molar-refractivity contribution in [2.75, 3.05) is 13.1 Å². The molecule has 0 fully saturated rings. The minimum absolute atomic E-state index is 0.0403. The molecular formula is C32H50N4O5. The van der Waals surface area contributed by atoms with Crippen LogP contribution in [0.2, 0.25) is 0 Å². The Morgan fingerprint density at radius 2 is 1.63 bits per heavy atom. The molecule has 0 saturated carbocycles. The van der Waals surface area contributed by atoms with Gasteiger partial charge in [-0.1, -0.05) is 76.5 Å². The molecule has 41 heavy (non-hydrogen) atoms. The third-order valence-corrected chi connectivity index (χ3v) is 6.50. The second kappa shape index (κ2) is 18.7. The maximum atomic E-state index is 14.2. The van der Waals surface area contributed by atoms with Gasteiger partial charge in [0.25, 0.3) is 0 Å². The number of rotatable bonds is 18. The standard InChI is InChI=1S/C32H50N4O5/c1-7-10-12-13-17-23-36(30(39)26(20-21-27(33)37)35-31(40)41-32(4,5)6)28(29(38)34-22-16-11-8-2)25-19-15-14-18-24(25)9-3/h3,14-15,18-19,26,28H,7-8,10-13,16-17,20-23H2,1-2,4-6H3,(H2,33,37)(H,34,38)(H,35,40). The summed E-state index contributed by atoms with van der Waals surface area (Å²) in [4.78, 5) is 53.9. The molecule has 0 aliphatic carbocycles. The van der Waals surface area contributed by atoms with Gasteiger partial charge >= 0.3 is 6.09 Å². The van der Waals surface area contributed by atoms with Gasteiger partial charge in [0.15, 0.2) is 0 Å². The second-order valence-electron chi connectivity index (χ2n) is 11.3. The van der Waals surface area contributed by atoms with Gasteiger partial charge in [-0.05, 0) is 51.7 Å². The molecule has 1 aromatic carbocycles. The number of amides is 4. The first-order chi connectivity index (χ1) is 19.4. The second-order valence-corrected chi connectivity index (χ2v) is 11.3. The average Bonchev–Trinajstić information content (AvgIpc) is 2.91. The Morgan fingerprint density at radius 3 is 2.24 bits per heavy atom. The fourth-order valence-corrected chi connectivity index (χ4v) is 4.45. The molecule has 228 valence electrons. The van der Waals surface area contributed by atoms with Crippen molar-refractivity contribution < 1.29 is 23.9 Å². The number of terminal acetylenes is 1. The van der Waals surface area contributed by atoms with E-state index in [2.05, 4.69) is 30.4 Å². The van der Waals surface area contributed by atoms with E-state index in [4.69, 9.17) is 16.9 Å². The van der Waals surface area contributed by atoms with Crippen LogP contribution in [0.5, 0.6) is 0 Å². The van der Waals surface area contributed by atoms with Gasteiger partial charge in [0.05, 0.1) is 0 Å². The first-order valence-corrected chi connectivity index (χ1v) is 14.9. The molecule has 1 aromatic rings. The average molecular weight is 571 g/mol. The first kappa shape index (κ1) is 35.5. The van der Waals surface area contributed by atoms with Crippen LogP contribution in [0.4, 0.5) is 4.79 Å². The van der Waals surface area contributed by atoms with E-state index in [1.165, 1.54) is 4.90 Å². The Kier molecular flexibility index (Phi) is 16.2. The number of nitrogens with one attached hydrogen (secondary N) is 2. The van der Waals surface area contributed by atoms with Gasteiger partial charge in [-0.25, -0.2) is 4.79 Å². The normalized spacial score (nSPS) is 12.5. The Morgan fingerprint density at radius 1 is 1.00 bits per heavy atom. The summed E-state index contributed by atoms with van der Waals surface area (Å²) in [5.74, 6) is 1.18. The minimum Gasteiger partial charge on any atom is -0.444 e. The van der Waals surface area contributed by atoms with E-state index in [0.29, 0.717) is 24.1 Å². The van der Waals surface area contributed by atoms with Crippen LogP contribution in [-0.4, -0.2) is 53.4 Å². The molecule has 0 spiro atoms. The van der Waals surface area contributed by atoms with Crippen LogP contribution < -0.4 is 16.4 Å². The number of primary amides is 1. The molecule has 4 N–H and O–H groups in total. The van der Waals surface area contributed by atoms with Crippen molar-refractivity contribution in [2.24, 2.45) is 5.73 Å². The molecule has 0 bridgehead atoms. The summed E-state index contributed by atoms with van der Waals surface area (Å²) >= 11 is 0. The van der Waals surface area contributed by atoms with E-state index in [-0.39, 0.29) is 25.3 Å². The summed E-state index contributed by atoms with van der Waals surface area (Å²) < 4.78 is 5.39. The summed E-state index contributed by atoms with van der Waals surface area (Å²) in [5.41, 5.74) is 5.62. The summed E-state index contributed by atoms with van der Waals surface area (Å²) in [7, 11) is 0. The van der Waals surface area contributed by atoms with Crippen molar-refractivity contribution in [3.8, 4) is 12.3 Å². The maximum absolute atomic E-state index is 14.2. The number of carbonyl (C=O) groups excluding carboxylic acids is 4. The van der Waals surface area contributed by atoms with E-state index in [1.807, 2.05) is 0 Å². The monoisotopic (exact) mass is 570 g/mol. The van der Waals surface area contributed by atoms with Gasteiger partial charge in [-0.3, -0.25) is 14.4 Å². The van der Waals surface area contributed by atoms with Crippen LogP contribution in [0.15, 0.2) is 24.3 Å². The number of hydrogen-bond donors (Lipinski definition) is 3. The largest absolute Gasteiger partial charge is 0.444 e. The number of carbonyl (C=O) groups is 4. The van der Waals surface area contributed by atoms with Crippen molar-refractivity contribution in [2.45, 2.75) is 117 Å². The lowest BCUT2D eigenvalue weighted by molar-refractivity contribution is -0.142. The Hall–Kier alpha value is -3.54. The van der Waals surface area contributed by atoms with Crippen LogP contribution in [-0.2, 0) is 19.1 Å². The molecule has 0 aliphatic heterocycles. The fraction of sp³-hybridized carbons (Fsp3) is 0.625. The molecular weight excluding hydrogens is 520 g/mol. The summed E-state index contributed by atoms with van der Waals surface area (Å²) in [6.45, 7) is 10.1. The van der Waals surface area contributed by atoms with Gasteiger partial charge in [0.1, 0.15) is 17.7 Å². The van der Waals surface area contributed by atoms with Gasteiger partial charge in [-0.15, -0.1) is 6.42 Å². The highest BCUT2D eigenvalue weighted by atomic mass is 16.6. The highest BCUT2D eigenvalue weighted by molar-refractivity contribution is 5.92. The quantitative estimate of drug-likeness (QED) is 0.169. The lowest BCUT2D eigenvalue weighted by Crippen LogP contribution is -2.53. The molecule has 0 radical (unpaired) electrons. The number of alkyl carbamates (subject to hydrolysis) is 1. The zero-order chi connectivity index (χ0) is 30.8. The van der Waals surface area contributed by atoms with Crippen molar-refractivity contribution in [3.05, 3.63) is 35.4 Å². The molecule has 1 rings (SSSR count). The summed E-state index contributed by atoms with van der Waals surface area (Å²) in [6, 6.07) is 4.88. The van der Waals surface area contributed by atoms with Crippen molar-refractivity contribution >= 4 is 23.8 Å². The molecule has 0 heterocycles.